The zero-order chi connectivity index (χ0) is 20.8. The quantitative estimate of drug-likeness (QED) is 0.169. The third kappa shape index (κ3) is 4.49. The number of carbonyl (C=O) groups excluding carboxylic acids is 1. The molecule has 3 heteroatoms. The van der Waals surface area contributed by atoms with Gasteiger partial charge in [-0.15, -0.1) is 0 Å². The lowest BCUT2D eigenvalue weighted by atomic mass is 9.47. The van der Waals surface area contributed by atoms with E-state index in [9.17, 15) is 4.79 Å². The van der Waals surface area contributed by atoms with Crippen molar-refractivity contribution in [2.45, 2.75) is 103 Å². The molecular formula is C25H41IO2. The largest absolute Gasteiger partial charge is 0.465 e. The Bertz CT molecular complexity index is 634. The summed E-state index contributed by atoms with van der Waals surface area (Å²) in [6.45, 7) is 14.4. The van der Waals surface area contributed by atoms with Crippen molar-refractivity contribution in [2.75, 3.05) is 6.61 Å². The van der Waals surface area contributed by atoms with Crippen molar-refractivity contribution in [3.63, 3.8) is 0 Å². The van der Waals surface area contributed by atoms with Gasteiger partial charge in [0.25, 0.3) is 0 Å². The van der Waals surface area contributed by atoms with Crippen LogP contribution in [0, 0.1) is 28.1 Å². The topological polar surface area (TPSA) is 26.3 Å². The van der Waals surface area contributed by atoms with E-state index in [4.69, 9.17) is 4.74 Å². The van der Waals surface area contributed by atoms with Crippen LogP contribution >= 0.6 is 22.6 Å². The number of carbonyl (C=O) groups is 1. The Kier molecular flexibility index (Phi) is 6.37. The van der Waals surface area contributed by atoms with Gasteiger partial charge in [-0.25, -0.2) is 0 Å². The van der Waals surface area contributed by atoms with Crippen molar-refractivity contribution < 1.29 is 9.53 Å². The lowest BCUT2D eigenvalue weighted by Crippen LogP contribution is -2.51. The van der Waals surface area contributed by atoms with Gasteiger partial charge >= 0.3 is 5.97 Å². The molecule has 2 unspecified atom stereocenters. The van der Waals surface area contributed by atoms with E-state index >= 15 is 0 Å². The molecule has 3 aliphatic rings. The number of esters is 1. The van der Waals surface area contributed by atoms with Crippen molar-refractivity contribution in [3.05, 3.63) is 11.6 Å². The number of rotatable bonds is 5. The molecule has 0 spiro atoms. The Labute approximate surface area is 186 Å². The zero-order valence-corrected chi connectivity index (χ0v) is 21.2. The number of hydrogen-bond acceptors (Lipinski definition) is 2. The molecule has 28 heavy (non-hydrogen) atoms. The van der Waals surface area contributed by atoms with Gasteiger partial charge in [-0.3, -0.25) is 4.79 Å². The molecule has 0 aromatic heterocycles. The first-order valence-electron chi connectivity index (χ1n) is 11.5. The normalized spacial score (nSPS) is 40.9. The number of alkyl halides is 1. The molecule has 2 saturated carbocycles. The number of allylic oxidation sites excluding steroid dienone is 2. The van der Waals surface area contributed by atoms with E-state index < -0.39 is 0 Å². The summed E-state index contributed by atoms with van der Waals surface area (Å²) in [5.41, 5.74) is 2.21. The molecule has 3 aliphatic carbocycles. The van der Waals surface area contributed by atoms with Crippen molar-refractivity contribution in [3.8, 4) is 0 Å². The average molecular weight is 501 g/mol. The Morgan fingerprint density at radius 2 is 1.96 bits per heavy atom. The molecule has 3 rings (SSSR count). The predicted octanol–water partition coefficient (Wildman–Crippen LogP) is 7.49. The third-order valence-corrected chi connectivity index (χ3v) is 9.40. The van der Waals surface area contributed by atoms with E-state index in [1.165, 1.54) is 44.9 Å². The Morgan fingerprint density at radius 3 is 2.64 bits per heavy atom. The van der Waals surface area contributed by atoms with Gasteiger partial charge in [0, 0.05) is 8.84 Å². The highest BCUT2D eigenvalue weighted by Gasteiger charge is 2.55. The van der Waals surface area contributed by atoms with Gasteiger partial charge in [-0.2, -0.15) is 0 Å². The Hall–Kier alpha value is -0.0600. The summed E-state index contributed by atoms with van der Waals surface area (Å²) in [5.74, 6) is 1.40. The first-order valence-corrected chi connectivity index (χ1v) is 12.5. The molecule has 5 atom stereocenters. The van der Waals surface area contributed by atoms with E-state index in [1.54, 1.807) is 5.57 Å². The molecule has 0 N–H and O–H groups in total. The maximum absolute atomic E-state index is 12.5. The lowest BCUT2D eigenvalue weighted by molar-refractivity contribution is -0.155. The van der Waals surface area contributed by atoms with E-state index in [1.807, 2.05) is 0 Å². The van der Waals surface area contributed by atoms with Crippen molar-refractivity contribution in [1.29, 1.82) is 0 Å². The highest BCUT2D eigenvalue weighted by atomic mass is 127. The Morgan fingerprint density at radius 1 is 1.25 bits per heavy atom. The van der Waals surface area contributed by atoms with Crippen LogP contribution in [-0.2, 0) is 9.53 Å². The van der Waals surface area contributed by atoms with Gasteiger partial charge in [-0.05, 0) is 61.2 Å². The number of hydrogen-bond donors (Lipinski definition) is 0. The molecule has 0 radical (unpaired) electrons. The van der Waals surface area contributed by atoms with Crippen LogP contribution in [0.15, 0.2) is 11.6 Å². The smallest absolute Gasteiger partial charge is 0.306 e. The molecule has 2 fully saturated rings. The SMILES string of the molecule is CCC(C)(C)CC(=O)OC[C@]1(C)CCC[C@@]2(C)C3=CC[C@](C)(I)CC3CCC12. The minimum atomic E-state index is -0.00778. The van der Waals surface area contributed by atoms with Gasteiger partial charge < -0.3 is 4.74 Å². The van der Waals surface area contributed by atoms with Crippen LogP contribution in [0.2, 0.25) is 0 Å². The molecule has 2 nitrogen and oxygen atoms in total. The number of ether oxygens (including phenoxy) is 1. The first-order chi connectivity index (χ1) is 12.9. The first kappa shape index (κ1) is 22.6. The standard InChI is InChI=1S/C25H41IO2/c1-7-22(2,3)16-21(27)28-17-23(4)12-8-13-25(6)19-11-14-24(5,26)15-18(19)9-10-20(23)25/h11,18,20H,7-10,12-17H2,1-6H3/t18?,20?,23-,24-,25-/m0/s1. The number of fused-ring (bicyclic) bond motifs is 3. The fourth-order valence-corrected chi connectivity index (χ4v) is 7.25. The summed E-state index contributed by atoms with van der Waals surface area (Å²) in [6, 6.07) is 0. The van der Waals surface area contributed by atoms with Crippen LogP contribution in [0.1, 0.15) is 99.3 Å². The highest BCUT2D eigenvalue weighted by Crippen LogP contribution is 2.63. The summed E-state index contributed by atoms with van der Waals surface area (Å²) >= 11 is 2.67. The van der Waals surface area contributed by atoms with E-state index in [-0.39, 0.29) is 16.8 Å². The van der Waals surface area contributed by atoms with Crippen molar-refractivity contribution >= 4 is 28.6 Å². The van der Waals surface area contributed by atoms with Crippen LogP contribution in [0.25, 0.3) is 0 Å². The van der Waals surface area contributed by atoms with Gasteiger partial charge in [0.2, 0.25) is 0 Å². The fourth-order valence-electron chi connectivity index (χ4n) is 6.50. The maximum atomic E-state index is 12.5. The monoisotopic (exact) mass is 500 g/mol. The lowest BCUT2D eigenvalue weighted by Gasteiger charge is -2.59. The van der Waals surface area contributed by atoms with Crippen LogP contribution in [-0.4, -0.2) is 16.0 Å². The summed E-state index contributed by atoms with van der Waals surface area (Å²) in [7, 11) is 0. The fraction of sp³-hybridized carbons (Fsp3) is 0.880. The summed E-state index contributed by atoms with van der Waals surface area (Å²) < 4.78 is 6.35. The second-order valence-corrected chi connectivity index (χ2v) is 14.2. The van der Waals surface area contributed by atoms with Crippen molar-refractivity contribution in [2.24, 2.45) is 28.1 Å². The van der Waals surface area contributed by atoms with Crippen LogP contribution in [0.4, 0.5) is 0 Å². The molecular weight excluding hydrogens is 459 g/mol. The molecule has 0 amide bonds. The third-order valence-electron chi connectivity index (χ3n) is 8.52. The van der Waals surface area contributed by atoms with Gasteiger partial charge in [-0.1, -0.05) is 88.6 Å². The molecule has 0 aromatic rings. The van der Waals surface area contributed by atoms with Crippen LogP contribution < -0.4 is 0 Å². The summed E-state index contributed by atoms with van der Waals surface area (Å²) in [4.78, 5) is 12.5. The molecule has 0 heterocycles. The van der Waals surface area contributed by atoms with Crippen molar-refractivity contribution in [1.82, 2.24) is 0 Å². The maximum Gasteiger partial charge on any atom is 0.306 e. The van der Waals surface area contributed by atoms with E-state index in [2.05, 4.69) is 70.2 Å². The second kappa shape index (κ2) is 7.89. The minimum Gasteiger partial charge on any atom is -0.465 e. The van der Waals surface area contributed by atoms with Crippen LogP contribution in [0.5, 0.6) is 0 Å². The summed E-state index contributed by atoms with van der Waals surface area (Å²) in [5, 5.41) is 0. The molecule has 0 aromatic carbocycles. The van der Waals surface area contributed by atoms with E-state index in [0.717, 1.165) is 12.3 Å². The molecule has 0 saturated heterocycles. The molecule has 0 aliphatic heterocycles. The van der Waals surface area contributed by atoms with Gasteiger partial charge in [0.15, 0.2) is 0 Å². The summed E-state index contributed by atoms with van der Waals surface area (Å²) in [6.07, 6.45) is 13.1. The van der Waals surface area contributed by atoms with Gasteiger partial charge in [0.05, 0.1) is 13.0 Å². The Balaban J connectivity index is 1.74. The predicted molar refractivity (Wildman–Crippen MR) is 126 cm³/mol. The average Bonchev–Trinajstić information content (AvgIpc) is 2.58. The second-order valence-electron chi connectivity index (χ2n) is 11.6. The number of halogens is 1. The van der Waals surface area contributed by atoms with E-state index in [0.29, 0.717) is 27.8 Å². The zero-order valence-electron chi connectivity index (χ0n) is 19.0. The van der Waals surface area contributed by atoms with Crippen LogP contribution in [0.3, 0.4) is 0 Å². The minimum absolute atomic E-state index is 0.00778. The molecule has 160 valence electrons. The molecule has 0 bridgehead atoms. The van der Waals surface area contributed by atoms with Gasteiger partial charge in [0.1, 0.15) is 0 Å². The highest BCUT2D eigenvalue weighted by molar-refractivity contribution is 14.1.